The maximum Gasteiger partial charge on any atom is 0.300 e. The van der Waals surface area contributed by atoms with Crippen LogP contribution >= 0.6 is 15.9 Å². The van der Waals surface area contributed by atoms with Crippen molar-refractivity contribution in [2.75, 3.05) is 18.5 Å². The van der Waals surface area contributed by atoms with Gasteiger partial charge >= 0.3 is 0 Å². The van der Waals surface area contributed by atoms with Gasteiger partial charge in [0.1, 0.15) is 0 Å². The molecule has 0 bridgehead atoms. The quantitative estimate of drug-likeness (QED) is 0.864. The summed E-state index contributed by atoms with van der Waals surface area (Å²) in [6.07, 6.45) is 1.60. The van der Waals surface area contributed by atoms with Crippen molar-refractivity contribution in [1.82, 2.24) is 5.32 Å². The van der Waals surface area contributed by atoms with Gasteiger partial charge in [0.15, 0.2) is 0 Å². The van der Waals surface area contributed by atoms with Crippen molar-refractivity contribution < 1.29 is 14.7 Å². The molecule has 1 aliphatic heterocycles. The lowest BCUT2D eigenvalue weighted by Gasteiger charge is -2.32. The van der Waals surface area contributed by atoms with E-state index in [9.17, 15) is 4.79 Å². The standard InChI is InChI=1S/C12H15BrN2O.C2H4O2/c1-15(10-4-2-9(13)3-5-10)11-6-7-14-12(16)8-11;1-2(3)4/h2-5,11H,6-8H2,1H3,(H,14,16);1H3,(H,3,4). The predicted octanol–water partition coefficient (Wildman–Crippen LogP) is 2.25. The van der Waals surface area contributed by atoms with Crippen molar-refractivity contribution in [1.29, 1.82) is 0 Å². The molecule has 1 amide bonds. The minimum Gasteiger partial charge on any atom is -0.481 e. The third kappa shape index (κ3) is 5.61. The Hall–Kier alpha value is -1.56. The lowest BCUT2D eigenvalue weighted by atomic mass is 10.0. The fourth-order valence-electron chi connectivity index (χ4n) is 1.98. The lowest BCUT2D eigenvalue weighted by molar-refractivity contribution is -0.134. The number of hydrogen-bond donors (Lipinski definition) is 2. The van der Waals surface area contributed by atoms with E-state index in [-0.39, 0.29) is 5.91 Å². The van der Waals surface area contributed by atoms with Gasteiger partial charge in [-0.25, -0.2) is 0 Å². The molecule has 2 N–H and O–H groups in total. The van der Waals surface area contributed by atoms with Crippen LogP contribution in [-0.4, -0.2) is 36.6 Å². The average molecular weight is 343 g/mol. The number of rotatable bonds is 2. The number of piperidine rings is 1. The van der Waals surface area contributed by atoms with Crippen LogP contribution in [0.15, 0.2) is 28.7 Å². The molecule has 0 saturated carbocycles. The molecule has 0 aromatic heterocycles. The molecule has 1 unspecified atom stereocenters. The third-order valence-electron chi connectivity index (χ3n) is 3.00. The normalized spacial score (nSPS) is 17.6. The Kier molecular flexibility index (Phi) is 6.51. The van der Waals surface area contributed by atoms with Gasteiger partial charge in [-0.05, 0) is 30.7 Å². The van der Waals surface area contributed by atoms with Crippen molar-refractivity contribution in [2.45, 2.75) is 25.8 Å². The van der Waals surface area contributed by atoms with Crippen molar-refractivity contribution in [2.24, 2.45) is 0 Å². The summed E-state index contributed by atoms with van der Waals surface area (Å²) in [5, 5.41) is 10.3. The molecule has 5 nitrogen and oxygen atoms in total. The van der Waals surface area contributed by atoms with Crippen molar-refractivity contribution >= 4 is 33.5 Å². The second-order valence-corrected chi connectivity index (χ2v) is 5.52. The molecule has 1 aliphatic rings. The van der Waals surface area contributed by atoms with E-state index < -0.39 is 5.97 Å². The molecule has 1 atom stereocenters. The molecule has 110 valence electrons. The summed E-state index contributed by atoms with van der Waals surface area (Å²) in [6.45, 7) is 1.87. The summed E-state index contributed by atoms with van der Waals surface area (Å²) in [5.74, 6) is -0.680. The smallest absolute Gasteiger partial charge is 0.300 e. The first-order valence-electron chi connectivity index (χ1n) is 6.34. The molecule has 20 heavy (non-hydrogen) atoms. The van der Waals surface area contributed by atoms with E-state index in [1.54, 1.807) is 0 Å². The molecule has 1 aromatic carbocycles. The zero-order valence-corrected chi connectivity index (χ0v) is 13.2. The summed E-state index contributed by atoms with van der Waals surface area (Å²) in [7, 11) is 2.05. The number of benzene rings is 1. The second-order valence-electron chi connectivity index (χ2n) is 4.60. The summed E-state index contributed by atoms with van der Waals surface area (Å²) in [5.41, 5.74) is 1.16. The number of carbonyl (C=O) groups is 2. The molecule has 0 aliphatic carbocycles. The van der Waals surface area contributed by atoms with E-state index in [2.05, 4.69) is 38.3 Å². The van der Waals surface area contributed by atoms with E-state index in [1.807, 2.05) is 19.2 Å². The number of amides is 1. The SMILES string of the molecule is CC(=O)O.CN(c1ccc(Br)cc1)C1CCNC(=O)C1. The van der Waals surface area contributed by atoms with Gasteiger partial charge in [0.05, 0.1) is 0 Å². The molecule has 0 radical (unpaired) electrons. The third-order valence-corrected chi connectivity index (χ3v) is 3.53. The average Bonchev–Trinajstić information content (AvgIpc) is 2.38. The molecular weight excluding hydrogens is 324 g/mol. The highest BCUT2D eigenvalue weighted by Crippen LogP contribution is 2.22. The van der Waals surface area contributed by atoms with Gasteiger partial charge in [-0.1, -0.05) is 15.9 Å². The Labute approximate surface area is 127 Å². The van der Waals surface area contributed by atoms with Crippen LogP contribution in [0, 0.1) is 0 Å². The minimum absolute atomic E-state index is 0.153. The second kappa shape index (κ2) is 7.89. The van der Waals surface area contributed by atoms with Crippen LogP contribution in [0.3, 0.4) is 0 Å². The van der Waals surface area contributed by atoms with Gasteiger partial charge in [0.25, 0.3) is 5.97 Å². The van der Waals surface area contributed by atoms with Gasteiger partial charge in [0, 0.05) is 43.1 Å². The van der Waals surface area contributed by atoms with E-state index in [0.717, 1.165) is 30.0 Å². The molecule has 6 heteroatoms. The van der Waals surface area contributed by atoms with E-state index in [1.165, 1.54) is 0 Å². The van der Waals surface area contributed by atoms with Crippen LogP contribution in [0.25, 0.3) is 0 Å². The summed E-state index contributed by atoms with van der Waals surface area (Å²) in [4.78, 5) is 22.5. The fourth-order valence-corrected chi connectivity index (χ4v) is 2.25. The van der Waals surface area contributed by atoms with E-state index in [4.69, 9.17) is 9.90 Å². The van der Waals surface area contributed by atoms with Crippen molar-refractivity contribution in [3.8, 4) is 0 Å². The number of anilines is 1. The van der Waals surface area contributed by atoms with Crippen LogP contribution in [0.2, 0.25) is 0 Å². The van der Waals surface area contributed by atoms with Crippen LogP contribution in [0.5, 0.6) is 0 Å². The molecule has 0 spiro atoms. The molecular formula is C14H19BrN2O3. The Bertz CT molecular complexity index is 458. The Morgan fingerprint density at radius 3 is 2.45 bits per heavy atom. The first kappa shape index (κ1) is 16.5. The van der Waals surface area contributed by atoms with Gasteiger partial charge in [0.2, 0.25) is 5.91 Å². The minimum atomic E-state index is -0.833. The number of nitrogens with zero attached hydrogens (tertiary/aromatic N) is 1. The maximum atomic E-state index is 11.3. The lowest BCUT2D eigenvalue weighted by Crippen LogP contribution is -2.44. The monoisotopic (exact) mass is 342 g/mol. The maximum absolute atomic E-state index is 11.3. The van der Waals surface area contributed by atoms with Crippen LogP contribution in [0.1, 0.15) is 19.8 Å². The molecule has 1 heterocycles. The first-order valence-corrected chi connectivity index (χ1v) is 7.14. The largest absolute Gasteiger partial charge is 0.481 e. The number of nitrogens with one attached hydrogen (secondary N) is 1. The fraction of sp³-hybridized carbons (Fsp3) is 0.429. The zero-order chi connectivity index (χ0) is 15.1. The summed E-state index contributed by atoms with van der Waals surface area (Å²) >= 11 is 3.42. The van der Waals surface area contributed by atoms with E-state index >= 15 is 0 Å². The van der Waals surface area contributed by atoms with Crippen LogP contribution < -0.4 is 10.2 Å². The molecule has 1 saturated heterocycles. The predicted molar refractivity (Wildman–Crippen MR) is 81.9 cm³/mol. The highest BCUT2D eigenvalue weighted by atomic mass is 79.9. The van der Waals surface area contributed by atoms with Gasteiger partial charge < -0.3 is 15.3 Å². The van der Waals surface area contributed by atoms with Gasteiger partial charge in [-0.3, -0.25) is 9.59 Å². The Morgan fingerprint density at radius 2 is 1.95 bits per heavy atom. The van der Waals surface area contributed by atoms with Crippen LogP contribution in [0.4, 0.5) is 5.69 Å². The highest BCUT2D eigenvalue weighted by Gasteiger charge is 2.22. The molecule has 1 fully saturated rings. The zero-order valence-electron chi connectivity index (χ0n) is 11.6. The van der Waals surface area contributed by atoms with Crippen molar-refractivity contribution in [3.63, 3.8) is 0 Å². The Morgan fingerprint density at radius 1 is 1.40 bits per heavy atom. The number of carboxylic acid groups (broad SMARTS) is 1. The van der Waals surface area contributed by atoms with Crippen molar-refractivity contribution in [3.05, 3.63) is 28.7 Å². The number of carboxylic acids is 1. The van der Waals surface area contributed by atoms with Gasteiger partial charge in [-0.15, -0.1) is 0 Å². The number of aliphatic carboxylic acids is 1. The Balaban J connectivity index is 0.000000444. The van der Waals surface area contributed by atoms with E-state index in [0.29, 0.717) is 12.5 Å². The summed E-state index contributed by atoms with van der Waals surface area (Å²) < 4.78 is 1.08. The molecule has 2 rings (SSSR count). The first-order chi connectivity index (χ1) is 9.40. The number of halogens is 1. The van der Waals surface area contributed by atoms with Gasteiger partial charge in [-0.2, -0.15) is 0 Å². The topological polar surface area (TPSA) is 69.6 Å². The van der Waals surface area contributed by atoms with Crippen LogP contribution in [-0.2, 0) is 9.59 Å². The highest BCUT2D eigenvalue weighted by molar-refractivity contribution is 9.10. The number of carbonyl (C=O) groups excluding carboxylic acids is 1. The summed E-state index contributed by atoms with van der Waals surface area (Å²) in [6, 6.07) is 8.49. The molecule has 1 aromatic rings. The number of hydrogen-bond acceptors (Lipinski definition) is 3.